The Morgan fingerprint density at radius 3 is 2.62 bits per heavy atom. The summed E-state index contributed by atoms with van der Waals surface area (Å²) in [6.07, 6.45) is 1.04. The van der Waals surface area contributed by atoms with Crippen LogP contribution in [0.25, 0.3) is 11.0 Å². The average Bonchev–Trinajstić information content (AvgIpc) is 2.88. The van der Waals surface area contributed by atoms with Crippen molar-refractivity contribution in [1.29, 1.82) is 0 Å². The van der Waals surface area contributed by atoms with Crippen molar-refractivity contribution < 1.29 is 4.79 Å². The largest absolute Gasteiger partial charge is 0.370 e. The molecule has 1 amide bonds. The van der Waals surface area contributed by atoms with Crippen LogP contribution in [0.4, 0.5) is 11.6 Å². The summed E-state index contributed by atoms with van der Waals surface area (Å²) in [4.78, 5) is 18.4. The van der Waals surface area contributed by atoms with Crippen LogP contribution in [0.5, 0.6) is 0 Å². The van der Waals surface area contributed by atoms with Gasteiger partial charge in [0.15, 0.2) is 0 Å². The Bertz CT molecular complexity index is 728. The van der Waals surface area contributed by atoms with Crippen molar-refractivity contribution in [3.8, 4) is 0 Å². The van der Waals surface area contributed by atoms with Crippen LogP contribution in [0.15, 0.2) is 48.5 Å². The zero-order valence-corrected chi connectivity index (χ0v) is 11.5. The van der Waals surface area contributed by atoms with Gasteiger partial charge >= 0.3 is 0 Å². The van der Waals surface area contributed by atoms with E-state index in [0.717, 1.165) is 22.3 Å². The van der Waals surface area contributed by atoms with Crippen LogP contribution in [0.2, 0.25) is 0 Å². The van der Waals surface area contributed by atoms with E-state index < -0.39 is 0 Å². The number of hydrogen-bond donors (Lipinski definition) is 3. The fraction of sp³-hybridized carbons (Fsp3) is 0.125. The molecule has 4 N–H and O–H groups in total. The van der Waals surface area contributed by atoms with Gasteiger partial charge in [0.25, 0.3) is 0 Å². The molecule has 1 aromatic heterocycles. The lowest BCUT2D eigenvalue weighted by atomic mass is 10.1. The lowest BCUT2D eigenvalue weighted by Crippen LogP contribution is -2.11. The number of H-pyrrole nitrogens is 1. The van der Waals surface area contributed by atoms with Gasteiger partial charge in [0, 0.05) is 12.1 Å². The molecule has 21 heavy (non-hydrogen) atoms. The van der Waals surface area contributed by atoms with Crippen LogP contribution in [-0.4, -0.2) is 15.9 Å². The number of aryl methyl sites for hydroxylation is 1. The van der Waals surface area contributed by atoms with Crippen LogP contribution in [0.1, 0.15) is 12.0 Å². The van der Waals surface area contributed by atoms with Crippen LogP contribution < -0.4 is 11.1 Å². The van der Waals surface area contributed by atoms with E-state index >= 15 is 0 Å². The highest BCUT2D eigenvalue weighted by atomic mass is 16.1. The van der Waals surface area contributed by atoms with Crippen LogP contribution in [0, 0.1) is 0 Å². The normalized spacial score (nSPS) is 10.7. The Hall–Kier alpha value is -2.82. The Morgan fingerprint density at radius 1 is 1.14 bits per heavy atom. The SMILES string of the molecule is NC(=O)CCc1ccc(Nc2nc3ccccc3[nH]2)cc1. The summed E-state index contributed by atoms with van der Waals surface area (Å²) >= 11 is 0. The molecule has 3 aromatic rings. The van der Waals surface area contributed by atoms with Crippen molar-refractivity contribution in [1.82, 2.24) is 9.97 Å². The number of primary amides is 1. The molecule has 0 bridgehead atoms. The lowest BCUT2D eigenvalue weighted by Gasteiger charge is -2.04. The van der Waals surface area contributed by atoms with Crippen molar-refractivity contribution in [3.63, 3.8) is 0 Å². The second-order valence-electron chi connectivity index (χ2n) is 4.89. The van der Waals surface area contributed by atoms with E-state index in [-0.39, 0.29) is 5.91 Å². The zero-order chi connectivity index (χ0) is 14.7. The predicted octanol–water partition coefficient (Wildman–Crippen LogP) is 2.72. The Balaban J connectivity index is 1.71. The van der Waals surface area contributed by atoms with Gasteiger partial charge in [-0.25, -0.2) is 4.98 Å². The summed E-state index contributed by atoms with van der Waals surface area (Å²) in [7, 11) is 0. The van der Waals surface area contributed by atoms with Gasteiger partial charge < -0.3 is 16.0 Å². The number of rotatable bonds is 5. The summed E-state index contributed by atoms with van der Waals surface area (Å²) in [6, 6.07) is 15.8. The van der Waals surface area contributed by atoms with Gasteiger partial charge in [-0.1, -0.05) is 24.3 Å². The molecule has 0 radical (unpaired) electrons. The molecule has 5 nitrogen and oxygen atoms in total. The van der Waals surface area contributed by atoms with Crippen molar-refractivity contribution in [2.45, 2.75) is 12.8 Å². The molecule has 0 atom stereocenters. The van der Waals surface area contributed by atoms with E-state index in [1.165, 1.54) is 0 Å². The fourth-order valence-electron chi connectivity index (χ4n) is 2.17. The maximum Gasteiger partial charge on any atom is 0.217 e. The van der Waals surface area contributed by atoms with Gasteiger partial charge in [0.05, 0.1) is 11.0 Å². The number of amides is 1. The topological polar surface area (TPSA) is 83.8 Å². The van der Waals surface area contributed by atoms with Gasteiger partial charge in [0.2, 0.25) is 11.9 Å². The standard InChI is InChI=1S/C16H16N4O/c17-15(21)10-7-11-5-8-12(9-6-11)18-16-19-13-3-1-2-4-14(13)20-16/h1-6,8-9H,7,10H2,(H2,17,21)(H2,18,19,20). The number of nitrogens with zero attached hydrogens (tertiary/aromatic N) is 1. The summed E-state index contributed by atoms with van der Waals surface area (Å²) < 4.78 is 0. The number of nitrogens with one attached hydrogen (secondary N) is 2. The van der Waals surface area contributed by atoms with Crippen molar-refractivity contribution in [2.24, 2.45) is 5.73 Å². The lowest BCUT2D eigenvalue weighted by molar-refractivity contribution is -0.117. The van der Waals surface area contributed by atoms with E-state index in [1.807, 2.05) is 48.5 Å². The van der Waals surface area contributed by atoms with Gasteiger partial charge in [-0.15, -0.1) is 0 Å². The summed E-state index contributed by atoms with van der Waals surface area (Å²) in [5.74, 6) is 0.431. The molecule has 3 rings (SSSR count). The number of para-hydroxylation sites is 2. The van der Waals surface area contributed by atoms with Gasteiger partial charge in [-0.2, -0.15) is 0 Å². The van der Waals surface area contributed by atoms with E-state index in [0.29, 0.717) is 18.8 Å². The minimum absolute atomic E-state index is 0.278. The molecule has 1 heterocycles. The number of nitrogens with two attached hydrogens (primary N) is 1. The van der Waals surface area contributed by atoms with Crippen LogP contribution >= 0.6 is 0 Å². The number of aromatic nitrogens is 2. The number of carbonyl (C=O) groups is 1. The third-order valence-electron chi connectivity index (χ3n) is 3.27. The number of benzene rings is 2. The first-order valence-electron chi connectivity index (χ1n) is 6.80. The predicted molar refractivity (Wildman–Crippen MR) is 83.3 cm³/mol. The molecular formula is C16H16N4O. The van der Waals surface area contributed by atoms with Gasteiger partial charge in [0.1, 0.15) is 0 Å². The summed E-state index contributed by atoms with van der Waals surface area (Å²) in [5, 5.41) is 3.23. The molecule has 0 aliphatic carbocycles. The minimum atomic E-state index is -0.278. The minimum Gasteiger partial charge on any atom is -0.370 e. The second-order valence-corrected chi connectivity index (χ2v) is 4.89. The molecule has 106 valence electrons. The Kier molecular flexibility index (Phi) is 3.55. The Morgan fingerprint density at radius 2 is 1.90 bits per heavy atom. The highest BCUT2D eigenvalue weighted by molar-refractivity contribution is 5.78. The smallest absolute Gasteiger partial charge is 0.217 e. The van der Waals surface area contributed by atoms with Crippen molar-refractivity contribution in [3.05, 3.63) is 54.1 Å². The summed E-state index contributed by atoms with van der Waals surface area (Å²) in [6.45, 7) is 0. The molecule has 0 aliphatic rings. The molecule has 0 saturated heterocycles. The van der Waals surface area contributed by atoms with Gasteiger partial charge in [-0.3, -0.25) is 4.79 Å². The number of imidazole rings is 1. The third kappa shape index (κ3) is 3.20. The average molecular weight is 280 g/mol. The van der Waals surface area contributed by atoms with Crippen molar-refractivity contribution in [2.75, 3.05) is 5.32 Å². The highest BCUT2D eigenvalue weighted by Crippen LogP contribution is 2.18. The summed E-state index contributed by atoms with van der Waals surface area (Å²) in [5.41, 5.74) is 9.10. The molecule has 2 aromatic carbocycles. The highest BCUT2D eigenvalue weighted by Gasteiger charge is 2.02. The first-order chi connectivity index (χ1) is 10.2. The molecule has 0 spiro atoms. The molecule has 0 aliphatic heterocycles. The molecule has 0 unspecified atom stereocenters. The molecule has 0 fully saturated rings. The van der Waals surface area contributed by atoms with Crippen LogP contribution in [0.3, 0.4) is 0 Å². The van der Waals surface area contributed by atoms with E-state index in [9.17, 15) is 4.79 Å². The quantitative estimate of drug-likeness (QED) is 0.672. The van der Waals surface area contributed by atoms with E-state index in [1.54, 1.807) is 0 Å². The molecule has 0 saturated carbocycles. The first kappa shape index (κ1) is 13.2. The third-order valence-corrected chi connectivity index (χ3v) is 3.27. The van der Waals surface area contributed by atoms with E-state index in [2.05, 4.69) is 15.3 Å². The number of aromatic amines is 1. The monoisotopic (exact) mass is 280 g/mol. The molecule has 5 heteroatoms. The zero-order valence-electron chi connectivity index (χ0n) is 11.5. The van der Waals surface area contributed by atoms with Crippen molar-refractivity contribution >= 4 is 28.6 Å². The number of hydrogen-bond acceptors (Lipinski definition) is 3. The van der Waals surface area contributed by atoms with E-state index in [4.69, 9.17) is 5.73 Å². The molecular weight excluding hydrogens is 264 g/mol. The maximum absolute atomic E-state index is 10.8. The fourth-order valence-corrected chi connectivity index (χ4v) is 2.17. The van der Waals surface area contributed by atoms with Crippen LogP contribution in [-0.2, 0) is 11.2 Å². The Labute approximate surface area is 122 Å². The van der Waals surface area contributed by atoms with Gasteiger partial charge in [-0.05, 0) is 36.2 Å². The second kappa shape index (κ2) is 5.66. The number of anilines is 2. The number of carbonyl (C=O) groups excluding carboxylic acids is 1. The first-order valence-corrected chi connectivity index (χ1v) is 6.80. The maximum atomic E-state index is 10.8. The number of fused-ring (bicyclic) bond motifs is 1.